The standard InChI is InChI=1S/C13H12Cl2N4O3/c1-2-18-7-10(15)11(17-18)6-16-13(20)8-3-4-9(14)12(5-8)19(21)22/h3-5,7H,2,6H2,1H3,(H,16,20). The van der Waals surface area contributed by atoms with Crippen LogP contribution in [-0.4, -0.2) is 20.6 Å². The smallest absolute Gasteiger partial charge is 0.288 e. The van der Waals surface area contributed by atoms with Crippen molar-refractivity contribution in [2.24, 2.45) is 0 Å². The van der Waals surface area contributed by atoms with E-state index < -0.39 is 10.8 Å². The fourth-order valence-corrected chi connectivity index (χ4v) is 2.18. The van der Waals surface area contributed by atoms with E-state index in [-0.39, 0.29) is 22.8 Å². The van der Waals surface area contributed by atoms with Crippen LogP contribution in [0.15, 0.2) is 24.4 Å². The van der Waals surface area contributed by atoms with Crippen molar-refractivity contribution in [1.82, 2.24) is 15.1 Å². The summed E-state index contributed by atoms with van der Waals surface area (Å²) in [5.41, 5.74) is 0.352. The van der Waals surface area contributed by atoms with Crippen LogP contribution in [-0.2, 0) is 13.1 Å². The van der Waals surface area contributed by atoms with Crippen LogP contribution in [0.5, 0.6) is 0 Å². The van der Waals surface area contributed by atoms with Crippen molar-refractivity contribution < 1.29 is 9.72 Å². The third-order valence-corrected chi connectivity index (χ3v) is 3.57. The number of nitro benzene ring substituents is 1. The normalized spacial score (nSPS) is 10.5. The zero-order chi connectivity index (χ0) is 16.3. The molecular formula is C13H12Cl2N4O3. The lowest BCUT2D eigenvalue weighted by atomic mass is 10.2. The maximum atomic E-state index is 12.0. The van der Waals surface area contributed by atoms with Gasteiger partial charge >= 0.3 is 0 Å². The molecule has 0 saturated carbocycles. The monoisotopic (exact) mass is 342 g/mol. The van der Waals surface area contributed by atoms with Crippen LogP contribution < -0.4 is 5.32 Å². The van der Waals surface area contributed by atoms with Crippen molar-refractivity contribution in [3.05, 3.63) is 55.8 Å². The number of amides is 1. The first-order valence-corrected chi connectivity index (χ1v) is 7.12. The number of aryl methyl sites for hydroxylation is 1. The number of carbonyl (C=O) groups is 1. The minimum atomic E-state index is -0.640. The number of nitrogens with zero attached hydrogens (tertiary/aromatic N) is 3. The Kier molecular flexibility index (Phi) is 4.99. The lowest BCUT2D eigenvalue weighted by molar-refractivity contribution is -0.384. The van der Waals surface area contributed by atoms with Gasteiger partial charge in [-0.1, -0.05) is 23.2 Å². The number of halogens is 2. The summed E-state index contributed by atoms with van der Waals surface area (Å²) in [7, 11) is 0. The van der Waals surface area contributed by atoms with E-state index in [1.807, 2.05) is 6.92 Å². The van der Waals surface area contributed by atoms with Crippen molar-refractivity contribution in [2.45, 2.75) is 20.0 Å². The van der Waals surface area contributed by atoms with Gasteiger partial charge in [0, 0.05) is 24.4 Å². The number of nitrogens with one attached hydrogen (secondary N) is 1. The maximum Gasteiger partial charge on any atom is 0.288 e. The van der Waals surface area contributed by atoms with Crippen molar-refractivity contribution in [2.75, 3.05) is 0 Å². The Morgan fingerprint density at radius 1 is 1.41 bits per heavy atom. The number of carbonyl (C=O) groups excluding carboxylic acids is 1. The molecule has 1 N–H and O–H groups in total. The van der Waals surface area contributed by atoms with Crippen LogP contribution in [0.25, 0.3) is 0 Å². The van der Waals surface area contributed by atoms with Crippen LogP contribution in [0.3, 0.4) is 0 Å². The zero-order valence-electron chi connectivity index (χ0n) is 11.5. The average Bonchev–Trinajstić information content (AvgIpc) is 2.85. The van der Waals surface area contributed by atoms with Crippen LogP contribution in [0, 0.1) is 10.1 Å². The molecule has 7 nitrogen and oxygen atoms in total. The van der Waals surface area contributed by atoms with Gasteiger partial charge < -0.3 is 5.32 Å². The first-order valence-electron chi connectivity index (χ1n) is 6.36. The molecule has 2 rings (SSSR count). The lowest BCUT2D eigenvalue weighted by Crippen LogP contribution is -2.23. The molecule has 1 amide bonds. The molecule has 116 valence electrons. The number of aromatic nitrogens is 2. The second-order valence-corrected chi connectivity index (χ2v) is 5.20. The highest BCUT2D eigenvalue weighted by Gasteiger charge is 2.16. The molecule has 0 saturated heterocycles. The van der Waals surface area contributed by atoms with Gasteiger partial charge in [0.15, 0.2) is 0 Å². The topological polar surface area (TPSA) is 90.1 Å². The highest BCUT2D eigenvalue weighted by atomic mass is 35.5. The van der Waals surface area contributed by atoms with Crippen molar-refractivity contribution in [3.63, 3.8) is 0 Å². The number of benzene rings is 1. The van der Waals surface area contributed by atoms with Crippen LogP contribution in [0.4, 0.5) is 5.69 Å². The summed E-state index contributed by atoms with van der Waals surface area (Å²) in [5, 5.41) is 18.1. The predicted octanol–water partition coefficient (Wildman–Crippen LogP) is 3.05. The third-order valence-electron chi connectivity index (χ3n) is 2.93. The maximum absolute atomic E-state index is 12.0. The summed E-state index contributed by atoms with van der Waals surface area (Å²) in [6.45, 7) is 2.71. The van der Waals surface area contributed by atoms with E-state index in [9.17, 15) is 14.9 Å². The molecule has 0 unspecified atom stereocenters. The molecule has 0 aliphatic rings. The Bertz CT molecular complexity index is 730. The Morgan fingerprint density at radius 3 is 2.73 bits per heavy atom. The molecule has 0 radical (unpaired) electrons. The van der Waals surface area contributed by atoms with Crippen molar-refractivity contribution in [1.29, 1.82) is 0 Å². The molecule has 2 aromatic rings. The molecule has 0 bridgehead atoms. The average molecular weight is 343 g/mol. The predicted molar refractivity (Wildman–Crippen MR) is 82.2 cm³/mol. The Hall–Kier alpha value is -2.12. The van der Waals surface area contributed by atoms with Gasteiger partial charge in [-0.15, -0.1) is 0 Å². The first-order chi connectivity index (χ1) is 10.4. The number of nitro groups is 1. The second-order valence-electron chi connectivity index (χ2n) is 4.39. The molecule has 1 aromatic carbocycles. The Balaban J connectivity index is 2.10. The van der Waals surface area contributed by atoms with Gasteiger partial charge in [-0.2, -0.15) is 5.10 Å². The summed E-state index contributed by atoms with van der Waals surface area (Å²) in [6.07, 6.45) is 1.66. The molecule has 0 aliphatic heterocycles. The van der Waals surface area contributed by atoms with Gasteiger partial charge in [-0.3, -0.25) is 19.6 Å². The Morgan fingerprint density at radius 2 is 2.14 bits per heavy atom. The minimum Gasteiger partial charge on any atom is -0.346 e. The molecule has 1 aromatic heterocycles. The van der Waals surface area contributed by atoms with Crippen molar-refractivity contribution >= 4 is 34.8 Å². The third kappa shape index (κ3) is 3.55. The van der Waals surface area contributed by atoms with Crippen LogP contribution in [0.2, 0.25) is 10.0 Å². The van der Waals surface area contributed by atoms with Crippen LogP contribution in [0.1, 0.15) is 23.0 Å². The van der Waals surface area contributed by atoms with E-state index in [1.54, 1.807) is 10.9 Å². The number of hydrogen-bond donors (Lipinski definition) is 1. The second kappa shape index (κ2) is 6.76. The Labute approximate surface area is 136 Å². The van der Waals surface area contributed by atoms with Crippen LogP contribution >= 0.6 is 23.2 Å². The van der Waals surface area contributed by atoms with E-state index in [0.717, 1.165) is 6.07 Å². The van der Waals surface area contributed by atoms with Gasteiger partial charge in [0.1, 0.15) is 10.7 Å². The fourth-order valence-electron chi connectivity index (χ4n) is 1.78. The zero-order valence-corrected chi connectivity index (χ0v) is 13.1. The van der Waals surface area contributed by atoms with E-state index in [1.165, 1.54) is 12.1 Å². The molecule has 0 atom stereocenters. The van der Waals surface area contributed by atoms with Gasteiger partial charge in [0.05, 0.1) is 16.5 Å². The molecule has 22 heavy (non-hydrogen) atoms. The van der Waals surface area contributed by atoms with Gasteiger partial charge in [-0.05, 0) is 19.1 Å². The molecule has 0 spiro atoms. The summed E-state index contributed by atoms with van der Waals surface area (Å²) in [4.78, 5) is 22.2. The van der Waals surface area contributed by atoms with E-state index in [2.05, 4.69) is 10.4 Å². The molecular weight excluding hydrogens is 331 g/mol. The lowest BCUT2D eigenvalue weighted by Gasteiger charge is -2.04. The molecule has 0 aliphatic carbocycles. The first kappa shape index (κ1) is 16.3. The summed E-state index contributed by atoms with van der Waals surface area (Å²) in [6, 6.07) is 3.86. The summed E-state index contributed by atoms with van der Waals surface area (Å²) in [5.74, 6) is -0.470. The van der Waals surface area contributed by atoms with Crippen molar-refractivity contribution in [3.8, 4) is 0 Å². The van der Waals surface area contributed by atoms with Gasteiger partial charge in [0.2, 0.25) is 0 Å². The molecule has 9 heteroatoms. The highest BCUT2D eigenvalue weighted by molar-refractivity contribution is 6.32. The van der Waals surface area contributed by atoms with E-state index in [4.69, 9.17) is 23.2 Å². The van der Waals surface area contributed by atoms with E-state index >= 15 is 0 Å². The van der Waals surface area contributed by atoms with E-state index in [0.29, 0.717) is 17.3 Å². The number of rotatable bonds is 5. The van der Waals surface area contributed by atoms with Gasteiger partial charge in [0.25, 0.3) is 11.6 Å². The SMILES string of the molecule is CCn1cc(Cl)c(CNC(=O)c2ccc(Cl)c([N+](=O)[O-])c2)n1. The fraction of sp³-hybridized carbons (Fsp3) is 0.231. The molecule has 0 fully saturated rings. The molecule has 1 heterocycles. The highest BCUT2D eigenvalue weighted by Crippen LogP contribution is 2.25. The number of hydrogen-bond acceptors (Lipinski definition) is 4. The summed E-state index contributed by atoms with van der Waals surface area (Å²) >= 11 is 11.7. The minimum absolute atomic E-state index is 0.0220. The largest absolute Gasteiger partial charge is 0.346 e. The summed E-state index contributed by atoms with van der Waals surface area (Å²) < 4.78 is 1.65. The quantitative estimate of drug-likeness (QED) is 0.667. The van der Waals surface area contributed by atoms with Gasteiger partial charge in [-0.25, -0.2) is 0 Å².